The second kappa shape index (κ2) is 6.01. The summed E-state index contributed by atoms with van der Waals surface area (Å²) in [6.45, 7) is 0.432. The van der Waals surface area contributed by atoms with E-state index in [1.165, 1.54) is 4.90 Å². The molecule has 2 aliphatic heterocycles. The van der Waals surface area contributed by atoms with Crippen molar-refractivity contribution in [1.29, 1.82) is 0 Å². The Kier molecular flexibility index (Phi) is 3.68. The lowest BCUT2D eigenvalue weighted by atomic mass is 10.1. The van der Waals surface area contributed by atoms with Crippen molar-refractivity contribution in [2.75, 3.05) is 12.0 Å². The molecule has 0 spiro atoms. The summed E-state index contributed by atoms with van der Waals surface area (Å²) in [4.78, 5) is 26.7. The third kappa shape index (κ3) is 2.53. The van der Waals surface area contributed by atoms with Crippen LogP contribution in [0.25, 0.3) is 0 Å². The molecule has 126 valence electrons. The van der Waals surface area contributed by atoms with Crippen LogP contribution in [0.5, 0.6) is 5.75 Å². The molecule has 0 saturated carbocycles. The number of rotatable bonds is 4. The molecule has 0 bridgehead atoms. The van der Waals surface area contributed by atoms with Crippen molar-refractivity contribution < 1.29 is 14.3 Å². The van der Waals surface area contributed by atoms with E-state index in [1.54, 1.807) is 36.4 Å². The first-order valence-corrected chi connectivity index (χ1v) is 7.92. The van der Waals surface area contributed by atoms with Crippen LogP contribution in [0.3, 0.4) is 0 Å². The minimum atomic E-state index is -0.779. The van der Waals surface area contributed by atoms with Crippen LogP contribution in [-0.2, 0) is 16.1 Å². The smallest absolute Gasteiger partial charge is 0.263 e. The number of fused-ring (bicyclic) bond motifs is 1. The topological polar surface area (TPSA) is 74.6 Å². The highest BCUT2D eigenvalue weighted by atomic mass is 16.5. The molecule has 0 radical (unpaired) electrons. The van der Waals surface area contributed by atoms with Gasteiger partial charge in [-0.3, -0.25) is 14.6 Å². The van der Waals surface area contributed by atoms with Gasteiger partial charge < -0.3 is 4.74 Å². The summed E-state index contributed by atoms with van der Waals surface area (Å²) in [5.41, 5.74) is 1.52. The summed E-state index contributed by atoms with van der Waals surface area (Å²) in [6.07, 6.45) is 0. The zero-order chi connectivity index (χ0) is 17.4. The highest BCUT2D eigenvalue weighted by molar-refractivity contribution is 6.25. The van der Waals surface area contributed by atoms with Gasteiger partial charge in [-0.1, -0.05) is 35.6 Å². The van der Waals surface area contributed by atoms with Crippen LogP contribution in [0.4, 0.5) is 5.69 Å². The van der Waals surface area contributed by atoms with Crippen LogP contribution < -0.4 is 9.64 Å². The van der Waals surface area contributed by atoms with Crippen molar-refractivity contribution in [2.24, 2.45) is 10.3 Å². The highest BCUT2D eigenvalue weighted by Crippen LogP contribution is 2.33. The zero-order valence-corrected chi connectivity index (χ0v) is 13.6. The van der Waals surface area contributed by atoms with Crippen molar-refractivity contribution in [3.05, 3.63) is 60.2 Å². The van der Waals surface area contributed by atoms with Crippen LogP contribution in [0.2, 0.25) is 0 Å². The quantitative estimate of drug-likeness (QED) is 0.802. The van der Waals surface area contributed by atoms with Crippen LogP contribution >= 0.6 is 0 Å². The Labute approximate surface area is 144 Å². The number of nitrogens with zero attached hydrogens (tertiary/aromatic N) is 4. The number of benzene rings is 2. The molecule has 2 heterocycles. The van der Waals surface area contributed by atoms with Gasteiger partial charge in [-0.2, -0.15) is 5.11 Å². The average Bonchev–Trinajstić information content (AvgIpc) is 3.16. The van der Waals surface area contributed by atoms with Crippen molar-refractivity contribution in [1.82, 2.24) is 5.01 Å². The molecule has 0 aliphatic carbocycles. The molecule has 2 aromatic carbocycles. The van der Waals surface area contributed by atoms with Gasteiger partial charge in [0.15, 0.2) is 12.1 Å². The molecule has 2 aliphatic rings. The number of carbonyl (C=O) groups is 2. The van der Waals surface area contributed by atoms with Gasteiger partial charge in [0.25, 0.3) is 11.8 Å². The first kappa shape index (κ1) is 15.3. The Morgan fingerprint density at radius 2 is 1.72 bits per heavy atom. The summed E-state index contributed by atoms with van der Waals surface area (Å²) in [5.74, 6) is 0.00834. The molecular weight excluding hydrogens is 320 g/mol. The Balaban J connectivity index is 1.59. The number of hydrogen-bond acceptors (Lipinski definition) is 6. The fourth-order valence-corrected chi connectivity index (χ4v) is 3.11. The molecule has 0 aromatic heterocycles. The lowest BCUT2D eigenvalue weighted by molar-refractivity contribution is -0.123. The van der Waals surface area contributed by atoms with E-state index >= 15 is 0 Å². The number of anilines is 1. The Morgan fingerprint density at radius 1 is 1.00 bits per heavy atom. The summed E-state index contributed by atoms with van der Waals surface area (Å²) in [5, 5.41) is 9.66. The molecule has 7 nitrogen and oxygen atoms in total. The van der Waals surface area contributed by atoms with Crippen LogP contribution in [0.1, 0.15) is 5.56 Å². The van der Waals surface area contributed by atoms with E-state index in [9.17, 15) is 9.59 Å². The third-order valence-corrected chi connectivity index (χ3v) is 4.38. The second-order valence-corrected chi connectivity index (χ2v) is 5.89. The standard InChI is InChI=1S/C18H16N4O3/c1-25-14-9-7-13(8-10-14)22-17(23)15-16(18(22)24)21(20-19-15)11-12-5-3-2-4-6-12/h2-10,15-16H,11H2,1H3/t15-,16+/m1/s1. The van der Waals surface area contributed by atoms with Crippen molar-refractivity contribution in [2.45, 2.75) is 18.6 Å². The van der Waals surface area contributed by atoms with E-state index in [0.717, 1.165) is 5.56 Å². The number of carbonyl (C=O) groups excluding carboxylic acids is 2. The van der Waals surface area contributed by atoms with Crippen molar-refractivity contribution >= 4 is 17.5 Å². The highest BCUT2D eigenvalue weighted by Gasteiger charge is 2.54. The van der Waals surface area contributed by atoms with E-state index in [0.29, 0.717) is 18.0 Å². The Hall–Kier alpha value is -3.22. The summed E-state index contributed by atoms with van der Waals surface area (Å²) >= 11 is 0. The van der Waals surface area contributed by atoms with E-state index in [1.807, 2.05) is 30.3 Å². The minimum absolute atomic E-state index is 0.305. The molecular formula is C18H16N4O3. The van der Waals surface area contributed by atoms with Gasteiger partial charge in [0, 0.05) is 0 Å². The largest absolute Gasteiger partial charge is 0.497 e. The summed E-state index contributed by atoms with van der Waals surface area (Å²) in [7, 11) is 1.56. The van der Waals surface area contributed by atoms with E-state index in [4.69, 9.17) is 4.74 Å². The van der Waals surface area contributed by atoms with Gasteiger partial charge in [-0.25, -0.2) is 4.90 Å². The lowest BCUT2D eigenvalue weighted by Gasteiger charge is -2.20. The molecule has 2 amide bonds. The Morgan fingerprint density at radius 3 is 2.40 bits per heavy atom. The van der Waals surface area contributed by atoms with Crippen molar-refractivity contribution in [3.8, 4) is 5.75 Å². The molecule has 0 N–H and O–H groups in total. The fourth-order valence-electron chi connectivity index (χ4n) is 3.11. The van der Waals surface area contributed by atoms with Crippen molar-refractivity contribution in [3.63, 3.8) is 0 Å². The molecule has 25 heavy (non-hydrogen) atoms. The molecule has 1 fully saturated rings. The maximum atomic E-state index is 12.9. The molecule has 2 aromatic rings. The normalized spacial score (nSPS) is 21.8. The molecule has 1 saturated heterocycles. The van der Waals surface area contributed by atoms with Gasteiger partial charge >= 0.3 is 0 Å². The molecule has 2 atom stereocenters. The predicted molar refractivity (Wildman–Crippen MR) is 89.9 cm³/mol. The third-order valence-electron chi connectivity index (χ3n) is 4.38. The van der Waals surface area contributed by atoms with E-state index in [2.05, 4.69) is 10.3 Å². The number of imide groups is 1. The maximum Gasteiger partial charge on any atom is 0.263 e. The van der Waals surface area contributed by atoms with Gasteiger partial charge in [-0.15, -0.1) is 0 Å². The van der Waals surface area contributed by atoms with Crippen LogP contribution in [-0.4, -0.2) is 36.0 Å². The van der Waals surface area contributed by atoms with Gasteiger partial charge in [0.1, 0.15) is 5.75 Å². The van der Waals surface area contributed by atoms with Crippen LogP contribution in [0, 0.1) is 0 Å². The fraction of sp³-hybridized carbons (Fsp3) is 0.222. The summed E-state index contributed by atoms with van der Waals surface area (Å²) in [6, 6.07) is 15.0. The first-order valence-electron chi connectivity index (χ1n) is 7.92. The van der Waals surface area contributed by atoms with Gasteiger partial charge in [0.2, 0.25) is 0 Å². The molecule has 0 unspecified atom stereocenters. The number of methoxy groups -OCH3 is 1. The summed E-state index contributed by atoms with van der Waals surface area (Å²) < 4.78 is 5.11. The number of ether oxygens (including phenoxy) is 1. The zero-order valence-electron chi connectivity index (χ0n) is 13.6. The second-order valence-electron chi connectivity index (χ2n) is 5.89. The van der Waals surface area contributed by atoms with E-state index in [-0.39, 0.29) is 11.8 Å². The monoisotopic (exact) mass is 336 g/mol. The number of amides is 2. The average molecular weight is 336 g/mol. The van der Waals surface area contributed by atoms with E-state index < -0.39 is 12.1 Å². The Bertz CT molecular complexity index is 835. The van der Waals surface area contributed by atoms with Crippen LogP contribution in [0.15, 0.2) is 64.9 Å². The first-order chi connectivity index (χ1) is 12.2. The molecule has 7 heteroatoms. The number of hydrogen-bond donors (Lipinski definition) is 0. The molecule has 4 rings (SSSR count). The lowest BCUT2D eigenvalue weighted by Crippen LogP contribution is -2.39. The van der Waals surface area contributed by atoms with Gasteiger partial charge in [-0.05, 0) is 29.8 Å². The minimum Gasteiger partial charge on any atom is -0.497 e. The SMILES string of the molecule is COc1ccc(N2C(=O)[C@@H]3[C@@H](N=NN3Cc3ccccc3)C2=O)cc1. The predicted octanol–water partition coefficient (Wildman–Crippen LogP) is 2.19. The maximum absolute atomic E-state index is 12.9. The van der Waals surface area contributed by atoms with Gasteiger partial charge in [0.05, 0.1) is 19.3 Å².